The Hall–Kier alpha value is -1.39. The van der Waals surface area contributed by atoms with Gasteiger partial charge >= 0.3 is 0 Å². The molecular weight excluding hydrogens is 278 g/mol. The molecule has 1 amide bonds. The number of aryl methyl sites for hydroxylation is 1. The minimum Gasteiger partial charge on any atom is -0.396 e. The van der Waals surface area contributed by atoms with Crippen LogP contribution in [0.4, 0.5) is 0 Å². The first kappa shape index (κ1) is 17.0. The largest absolute Gasteiger partial charge is 0.396 e. The van der Waals surface area contributed by atoms with Gasteiger partial charge in [-0.15, -0.1) is 0 Å². The summed E-state index contributed by atoms with van der Waals surface area (Å²) in [4.78, 5) is 12.4. The number of ether oxygens (including phenoxy) is 1. The van der Waals surface area contributed by atoms with Crippen molar-refractivity contribution in [1.29, 1.82) is 0 Å². The molecule has 1 aliphatic rings. The fourth-order valence-electron chi connectivity index (χ4n) is 3.41. The third-order valence-electron chi connectivity index (χ3n) is 4.49. The molecule has 0 aliphatic heterocycles. The van der Waals surface area contributed by atoms with Crippen LogP contribution in [0.25, 0.3) is 0 Å². The van der Waals surface area contributed by atoms with Crippen molar-refractivity contribution >= 4 is 5.91 Å². The second kappa shape index (κ2) is 7.75. The van der Waals surface area contributed by atoms with Gasteiger partial charge in [0, 0.05) is 20.1 Å². The van der Waals surface area contributed by atoms with E-state index in [1.54, 1.807) is 7.11 Å². The van der Waals surface area contributed by atoms with Crippen molar-refractivity contribution in [1.82, 2.24) is 5.32 Å². The summed E-state index contributed by atoms with van der Waals surface area (Å²) in [5.74, 6) is 0.334. The van der Waals surface area contributed by atoms with Crippen molar-refractivity contribution in [3.05, 3.63) is 35.4 Å². The topological polar surface area (TPSA) is 58.6 Å². The first-order valence-corrected chi connectivity index (χ1v) is 8.06. The lowest BCUT2D eigenvalue weighted by atomic mass is 9.81. The number of methoxy groups -OCH3 is 1. The highest BCUT2D eigenvalue weighted by molar-refractivity contribution is 5.77. The van der Waals surface area contributed by atoms with E-state index in [0.29, 0.717) is 25.4 Å². The van der Waals surface area contributed by atoms with Gasteiger partial charge in [0.25, 0.3) is 0 Å². The number of carbonyl (C=O) groups excluding carboxylic acids is 1. The Kier molecular flexibility index (Phi) is 5.98. The van der Waals surface area contributed by atoms with Crippen LogP contribution in [0.5, 0.6) is 0 Å². The zero-order valence-corrected chi connectivity index (χ0v) is 13.6. The molecule has 0 aromatic heterocycles. The Bertz CT molecular complexity index is 495. The monoisotopic (exact) mass is 305 g/mol. The molecule has 2 atom stereocenters. The van der Waals surface area contributed by atoms with Crippen LogP contribution in [0.15, 0.2) is 24.3 Å². The van der Waals surface area contributed by atoms with E-state index < -0.39 is 5.54 Å². The summed E-state index contributed by atoms with van der Waals surface area (Å²) in [5.41, 5.74) is 2.19. The zero-order valence-electron chi connectivity index (χ0n) is 13.6. The molecule has 22 heavy (non-hydrogen) atoms. The van der Waals surface area contributed by atoms with Crippen molar-refractivity contribution in [2.45, 2.75) is 50.5 Å². The van der Waals surface area contributed by atoms with Gasteiger partial charge in [-0.2, -0.15) is 0 Å². The number of carbonyl (C=O) groups is 1. The molecular formula is C18H27NO3. The van der Waals surface area contributed by atoms with E-state index in [4.69, 9.17) is 4.74 Å². The lowest BCUT2D eigenvalue weighted by molar-refractivity contribution is -0.124. The normalized spacial score (nSPS) is 20.0. The van der Waals surface area contributed by atoms with Gasteiger partial charge in [0.05, 0.1) is 12.1 Å². The highest BCUT2D eigenvalue weighted by atomic mass is 16.5. The summed E-state index contributed by atoms with van der Waals surface area (Å²) < 4.78 is 5.18. The molecule has 0 spiro atoms. The van der Waals surface area contributed by atoms with Crippen LogP contribution in [0.2, 0.25) is 0 Å². The summed E-state index contributed by atoms with van der Waals surface area (Å²) in [5, 5.41) is 12.2. The number of aliphatic hydroxyl groups is 1. The van der Waals surface area contributed by atoms with Crippen molar-refractivity contribution < 1.29 is 14.6 Å². The molecule has 1 aliphatic carbocycles. The molecule has 0 bridgehead atoms. The molecule has 0 heterocycles. The second-order valence-corrected chi connectivity index (χ2v) is 6.51. The smallest absolute Gasteiger partial charge is 0.221 e. The first-order valence-electron chi connectivity index (χ1n) is 8.06. The lowest BCUT2D eigenvalue weighted by Crippen LogP contribution is -2.50. The maximum atomic E-state index is 12.4. The standard InChI is InChI=1S/C18H27NO3/c1-18(10-11-20,13-22-2)19-17(21)12-15-8-5-7-14-6-3-4-9-16(14)15/h3-4,6,9,15,20H,5,7-8,10-13H2,1-2H3,(H,19,21). The molecule has 0 fully saturated rings. The molecule has 0 saturated heterocycles. The van der Waals surface area contributed by atoms with E-state index in [0.717, 1.165) is 19.3 Å². The van der Waals surface area contributed by atoms with E-state index in [1.165, 1.54) is 11.1 Å². The zero-order chi connectivity index (χ0) is 16.0. The number of hydrogen-bond donors (Lipinski definition) is 2. The maximum Gasteiger partial charge on any atom is 0.221 e. The fraction of sp³-hybridized carbons (Fsp3) is 0.611. The maximum absolute atomic E-state index is 12.4. The van der Waals surface area contributed by atoms with Gasteiger partial charge in [-0.05, 0) is 49.7 Å². The Labute approximate surface area is 132 Å². The van der Waals surface area contributed by atoms with E-state index in [9.17, 15) is 9.90 Å². The van der Waals surface area contributed by atoms with E-state index in [-0.39, 0.29) is 12.5 Å². The number of rotatable bonds is 7. The molecule has 0 saturated carbocycles. The van der Waals surface area contributed by atoms with Crippen LogP contribution in [0.1, 0.15) is 49.7 Å². The molecule has 4 heteroatoms. The molecule has 0 radical (unpaired) electrons. The van der Waals surface area contributed by atoms with Crippen LogP contribution in [0, 0.1) is 0 Å². The molecule has 2 unspecified atom stereocenters. The van der Waals surface area contributed by atoms with Crippen LogP contribution < -0.4 is 5.32 Å². The minimum absolute atomic E-state index is 0.0341. The first-order chi connectivity index (χ1) is 10.6. The van der Waals surface area contributed by atoms with Gasteiger partial charge in [0.1, 0.15) is 0 Å². The van der Waals surface area contributed by atoms with Gasteiger partial charge in [0.15, 0.2) is 0 Å². The molecule has 122 valence electrons. The summed E-state index contributed by atoms with van der Waals surface area (Å²) in [6, 6.07) is 8.43. The van der Waals surface area contributed by atoms with E-state index in [1.807, 2.05) is 6.92 Å². The van der Waals surface area contributed by atoms with Crippen LogP contribution in [-0.2, 0) is 16.0 Å². The third kappa shape index (κ3) is 4.31. The predicted octanol–water partition coefficient (Wildman–Crippen LogP) is 2.40. The molecule has 1 aromatic rings. The summed E-state index contributed by atoms with van der Waals surface area (Å²) in [6.07, 6.45) is 4.31. The van der Waals surface area contributed by atoms with Crippen molar-refractivity contribution in [2.75, 3.05) is 20.3 Å². The fourth-order valence-corrected chi connectivity index (χ4v) is 3.41. The molecule has 2 rings (SSSR count). The highest BCUT2D eigenvalue weighted by Gasteiger charge is 2.28. The predicted molar refractivity (Wildman–Crippen MR) is 86.9 cm³/mol. The number of hydrogen-bond acceptors (Lipinski definition) is 3. The van der Waals surface area contributed by atoms with Gasteiger partial charge in [-0.3, -0.25) is 4.79 Å². The SMILES string of the molecule is COCC(C)(CCO)NC(=O)CC1CCCc2ccccc21. The minimum atomic E-state index is -0.505. The summed E-state index contributed by atoms with van der Waals surface area (Å²) in [7, 11) is 1.61. The van der Waals surface area contributed by atoms with Gasteiger partial charge in [0.2, 0.25) is 5.91 Å². The van der Waals surface area contributed by atoms with Crippen LogP contribution in [-0.4, -0.2) is 36.9 Å². The Morgan fingerprint density at radius 1 is 1.45 bits per heavy atom. The Morgan fingerprint density at radius 2 is 2.23 bits per heavy atom. The van der Waals surface area contributed by atoms with Crippen molar-refractivity contribution in [3.8, 4) is 0 Å². The Balaban J connectivity index is 2.00. The Morgan fingerprint density at radius 3 is 2.95 bits per heavy atom. The third-order valence-corrected chi connectivity index (χ3v) is 4.49. The number of aliphatic hydroxyl groups excluding tert-OH is 1. The van der Waals surface area contributed by atoms with Crippen molar-refractivity contribution in [2.24, 2.45) is 0 Å². The average Bonchev–Trinajstić information content (AvgIpc) is 2.47. The van der Waals surface area contributed by atoms with Crippen molar-refractivity contribution in [3.63, 3.8) is 0 Å². The van der Waals surface area contributed by atoms with Gasteiger partial charge < -0.3 is 15.2 Å². The molecule has 4 nitrogen and oxygen atoms in total. The van der Waals surface area contributed by atoms with Gasteiger partial charge in [-0.25, -0.2) is 0 Å². The van der Waals surface area contributed by atoms with E-state index >= 15 is 0 Å². The second-order valence-electron chi connectivity index (χ2n) is 6.51. The summed E-state index contributed by atoms with van der Waals surface area (Å²) >= 11 is 0. The van der Waals surface area contributed by atoms with E-state index in [2.05, 4.69) is 29.6 Å². The molecule has 1 aromatic carbocycles. The quantitative estimate of drug-likeness (QED) is 0.813. The number of benzene rings is 1. The lowest BCUT2D eigenvalue weighted by Gasteiger charge is -2.31. The number of nitrogens with one attached hydrogen (secondary N) is 1. The van der Waals surface area contributed by atoms with Crippen LogP contribution >= 0.6 is 0 Å². The summed E-state index contributed by atoms with van der Waals surface area (Å²) in [6.45, 7) is 2.35. The van der Waals surface area contributed by atoms with Gasteiger partial charge in [-0.1, -0.05) is 24.3 Å². The van der Waals surface area contributed by atoms with Crippen LogP contribution in [0.3, 0.4) is 0 Å². The number of fused-ring (bicyclic) bond motifs is 1. The highest BCUT2D eigenvalue weighted by Crippen LogP contribution is 2.33. The number of amides is 1. The molecule has 2 N–H and O–H groups in total. The average molecular weight is 305 g/mol.